The van der Waals surface area contributed by atoms with E-state index in [2.05, 4.69) is 23.7 Å². The number of nitrogens with two attached hydrogens (primary N) is 1. The van der Waals surface area contributed by atoms with Gasteiger partial charge in [-0.2, -0.15) is 0 Å². The van der Waals surface area contributed by atoms with Gasteiger partial charge in [0.15, 0.2) is 5.96 Å². The van der Waals surface area contributed by atoms with Crippen molar-refractivity contribution in [1.82, 2.24) is 4.90 Å². The van der Waals surface area contributed by atoms with Crippen molar-refractivity contribution in [3.8, 4) is 0 Å². The molecule has 3 atom stereocenters. The van der Waals surface area contributed by atoms with Crippen molar-refractivity contribution >= 4 is 5.96 Å². The van der Waals surface area contributed by atoms with Crippen LogP contribution in [0, 0.1) is 0 Å². The minimum Gasteiger partial charge on any atom is -0.376 e. The summed E-state index contributed by atoms with van der Waals surface area (Å²) in [6.45, 7) is 6.88. The number of rotatable bonds is 2. The second-order valence-corrected chi connectivity index (χ2v) is 6.31. The highest BCUT2D eigenvalue weighted by Crippen LogP contribution is 2.37. The molecule has 0 saturated carbocycles. The van der Waals surface area contributed by atoms with Crippen LogP contribution in [0.2, 0.25) is 0 Å². The van der Waals surface area contributed by atoms with Crippen molar-refractivity contribution in [3.05, 3.63) is 0 Å². The maximum Gasteiger partial charge on any atom is 0.191 e. The first-order valence-corrected chi connectivity index (χ1v) is 7.44. The Balaban J connectivity index is 1.75. The van der Waals surface area contributed by atoms with E-state index in [1.807, 2.05) is 0 Å². The van der Waals surface area contributed by atoms with E-state index in [0.29, 0.717) is 12.1 Å². The lowest BCUT2D eigenvalue weighted by molar-refractivity contribution is -0.0889. The summed E-state index contributed by atoms with van der Waals surface area (Å²) in [4.78, 5) is 6.82. The number of ether oxygens (including phenoxy) is 2. The first kappa shape index (κ1) is 13.2. The lowest BCUT2D eigenvalue weighted by atomic mass is 9.83. The van der Waals surface area contributed by atoms with E-state index < -0.39 is 0 Å². The van der Waals surface area contributed by atoms with Crippen molar-refractivity contribution in [2.75, 3.05) is 19.7 Å². The molecule has 0 aromatic heterocycles. The molecule has 3 aliphatic rings. The van der Waals surface area contributed by atoms with E-state index in [0.717, 1.165) is 39.0 Å². The molecule has 0 aromatic carbocycles. The molecule has 2 saturated heterocycles. The smallest absolute Gasteiger partial charge is 0.191 e. The molecule has 0 radical (unpaired) electrons. The average Bonchev–Trinajstić information content (AvgIpc) is 2.93. The zero-order valence-electron chi connectivity index (χ0n) is 12.0. The molecule has 0 amide bonds. The van der Waals surface area contributed by atoms with E-state index in [1.54, 1.807) is 0 Å². The topological polar surface area (TPSA) is 60.1 Å². The van der Waals surface area contributed by atoms with Gasteiger partial charge in [0.25, 0.3) is 0 Å². The largest absolute Gasteiger partial charge is 0.376 e. The third-order valence-electron chi connectivity index (χ3n) is 4.59. The first-order valence-electron chi connectivity index (χ1n) is 7.44. The molecule has 108 valence electrons. The van der Waals surface area contributed by atoms with Gasteiger partial charge in [-0.05, 0) is 39.5 Å². The quantitative estimate of drug-likeness (QED) is 0.814. The third kappa shape index (κ3) is 2.46. The van der Waals surface area contributed by atoms with Gasteiger partial charge in [-0.3, -0.25) is 4.99 Å². The number of hydrogen-bond acceptors (Lipinski definition) is 5. The van der Waals surface area contributed by atoms with Gasteiger partial charge in [-0.1, -0.05) is 0 Å². The molecule has 0 aliphatic carbocycles. The summed E-state index contributed by atoms with van der Waals surface area (Å²) in [7, 11) is 0. The summed E-state index contributed by atoms with van der Waals surface area (Å²) in [6, 6.07) is 0. The average molecular weight is 267 g/mol. The van der Waals surface area contributed by atoms with Gasteiger partial charge in [0.1, 0.15) is 0 Å². The first-order chi connectivity index (χ1) is 9.09. The van der Waals surface area contributed by atoms with Crippen LogP contribution in [0.15, 0.2) is 4.99 Å². The van der Waals surface area contributed by atoms with Gasteiger partial charge in [-0.25, -0.2) is 0 Å². The molecule has 1 spiro atoms. The Hall–Kier alpha value is -0.810. The molecule has 3 unspecified atom stereocenters. The molecule has 19 heavy (non-hydrogen) atoms. The monoisotopic (exact) mass is 267 g/mol. The SMILES string of the molecule is CC1CC2(CN=C(N)N2CC2CCCO2)CC(C)O1. The molecule has 3 rings (SSSR count). The molecular weight excluding hydrogens is 242 g/mol. The van der Waals surface area contributed by atoms with Gasteiger partial charge in [0.2, 0.25) is 0 Å². The molecule has 3 aliphatic heterocycles. The van der Waals surface area contributed by atoms with E-state index in [4.69, 9.17) is 15.2 Å². The fourth-order valence-corrected chi connectivity index (χ4v) is 3.92. The standard InChI is InChI=1S/C14H25N3O2/c1-10-6-14(7-11(2)19-10)9-16-13(15)17(14)8-12-4-3-5-18-12/h10-12H,3-9H2,1-2H3,(H2,15,16). The fourth-order valence-electron chi connectivity index (χ4n) is 3.92. The minimum atomic E-state index is 0.0626. The van der Waals surface area contributed by atoms with Crippen LogP contribution in [-0.2, 0) is 9.47 Å². The van der Waals surface area contributed by atoms with Crippen molar-refractivity contribution in [2.24, 2.45) is 10.7 Å². The lowest BCUT2D eigenvalue weighted by Crippen LogP contribution is -2.59. The summed E-state index contributed by atoms with van der Waals surface area (Å²) in [5.41, 5.74) is 6.20. The summed E-state index contributed by atoms with van der Waals surface area (Å²) < 4.78 is 11.6. The Kier molecular flexibility index (Phi) is 3.43. The summed E-state index contributed by atoms with van der Waals surface area (Å²) >= 11 is 0. The molecule has 3 heterocycles. The Morgan fingerprint density at radius 3 is 2.74 bits per heavy atom. The highest BCUT2D eigenvalue weighted by atomic mass is 16.5. The lowest BCUT2D eigenvalue weighted by Gasteiger charge is -2.46. The number of aliphatic imine (C=N–C) groups is 1. The summed E-state index contributed by atoms with van der Waals surface area (Å²) in [6.07, 6.45) is 5.19. The molecule has 5 nitrogen and oxygen atoms in total. The van der Waals surface area contributed by atoms with Crippen LogP contribution in [0.5, 0.6) is 0 Å². The van der Waals surface area contributed by atoms with Crippen LogP contribution in [0.25, 0.3) is 0 Å². The Labute approximate surface area is 115 Å². The van der Waals surface area contributed by atoms with Gasteiger partial charge < -0.3 is 20.1 Å². The Morgan fingerprint density at radius 2 is 2.11 bits per heavy atom. The van der Waals surface area contributed by atoms with Crippen LogP contribution < -0.4 is 5.73 Å². The Morgan fingerprint density at radius 1 is 1.37 bits per heavy atom. The zero-order chi connectivity index (χ0) is 13.5. The van der Waals surface area contributed by atoms with Crippen molar-refractivity contribution in [1.29, 1.82) is 0 Å². The minimum absolute atomic E-state index is 0.0626. The maximum absolute atomic E-state index is 6.13. The Bertz CT molecular complexity index is 356. The van der Waals surface area contributed by atoms with E-state index in [-0.39, 0.29) is 17.7 Å². The van der Waals surface area contributed by atoms with Crippen LogP contribution >= 0.6 is 0 Å². The van der Waals surface area contributed by atoms with E-state index in [9.17, 15) is 0 Å². The van der Waals surface area contributed by atoms with Crippen LogP contribution in [0.1, 0.15) is 39.5 Å². The molecule has 0 aromatic rings. The molecular formula is C14H25N3O2. The van der Waals surface area contributed by atoms with Crippen molar-refractivity contribution in [3.63, 3.8) is 0 Å². The number of nitrogens with zero attached hydrogens (tertiary/aromatic N) is 2. The molecule has 5 heteroatoms. The molecule has 2 fully saturated rings. The normalized spacial score (nSPS) is 42.9. The second-order valence-electron chi connectivity index (χ2n) is 6.31. The van der Waals surface area contributed by atoms with Crippen molar-refractivity contribution in [2.45, 2.75) is 63.4 Å². The van der Waals surface area contributed by atoms with Gasteiger partial charge in [0, 0.05) is 13.2 Å². The summed E-state index contributed by atoms with van der Waals surface area (Å²) in [5.74, 6) is 0.691. The molecule has 0 bridgehead atoms. The zero-order valence-corrected chi connectivity index (χ0v) is 12.0. The highest BCUT2D eigenvalue weighted by molar-refractivity contribution is 5.81. The predicted octanol–water partition coefficient (Wildman–Crippen LogP) is 1.12. The molecule has 2 N–H and O–H groups in total. The highest BCUT2D eigenvalue weighted by Gasteiger charge is 2.47. The van der Waals surface area contributed by atoms with Crippen molar-refractivity contribution < 1.29 is 9.47 Å². The second kappa shape index (κ2) is 4.94. The van der Waals surface area contributed by atoms with Crippen LogP contribution in [-0.4, -0.2) is 54.4 Å². The van der Waals surface area contributed by atoms with Gasteiger partial charge in [-0.15, -0.1) is 0 Å². The van der Waals surface area contributed by atoms with Gasteiger partial charge >= 0.3 is 0 Å². The van der Waals surface area contributed by atoms with E-state index in [1.165, 1.54) is 6.42 Å². The van der Waals surface area contributed by atoms with Crippen LogP contribution in [0.4, 0.5) is 0 Å². The van der Waals surface area contributed by atoms with Crippen LogP contribution in [0.3, 0.4) is 0 Å². The fraction of sp³-hybridized carbons (Fsp3) is 0.929. The number of hydrogen-bond donors (Lipinski definition) is 1. The summed E-state index contributed by atoms with van der Waals surface area (Å²) in [5, 5.41) is 0. The van der Waals surface area contributed by atoms with Gasteiger partial charge in [0.05, 0.1) is 30.4 Å². The third-order valence-corrected chi connectivity index (χ3v) is 4.59. The van der Waals surface area contributed by atoms with E-state index >= 15 is 0 Å². The number of guanidine groups is 1. The predicted molar refractivity (Wildman–Crippen MR) is 74.1 cm³/mol. The maximum atomic E-state index is 6.13.